The summed E-state index contributed by atoms with van der Waals surface area (Å²) in [6.07, 6.45) is 37.3. The van der Waals surface area contributed by atoms with Crippen molar-refractivity contribution < 1.29 is 19.3 Å². The topological polar surface area (TPSA) is 105 Å². The second-order valence-corrected chi connectivity index (χ2v) is 19.3. The van der Waals surface area contributed by atoms with Gasteiger partial charge in [-0.2, -0.15) is 0 Å². The summed E-state index contributed by atoms with van der Waals surface area (Å²) in [6.45, 7) is 2.30. The van der Waals surface area contributed by atoms with Crippen LogP contribution in [0.3, 0.4) is 0 Å². The minimum atomic E-state index is -0.408. The van der Waals surface area contributed by atoms with E-state index in [1.54, 1.807) is 24.3 Å². The van der Waals surface area contributed by atoms with Crippen LogP contribution in [0.25, 0.3) is 0 Å². The van der Waals surface area contributed by atoms with Crippen molar-refractivity contribution in [3.8, 4) is 23.0 Å². The molecule has 0 heterocycles. The van der Waals surface area contributed by atoms with E-state index >= 15 is 0 Å². The minimum absolute atomic E-state index is 0.0349. The van der Waals surface area contributed by atoms with Crippen molar-refractivity contribution in [2.45, 2.75) is 186 Å². The molecular formula is C56H76N2O6. The van der Waals surface area contributed by atoms with Crippen molar-refractivity contribution in [3.63, 3.8) is 0 Å². The van der Waals surface area contributed by atoms with Crippen molar-refractivity contribution in [1.29, 1.82) is 0 Å². The van der Waals surface area contributed by atoms with Gasteiger partial charge in [0.2, 0.25) is 0 Å². The molecule has 64 heavy (non-hydrogen) atoms. The molecule has 0 aliphatic heterocycles. The number of hydrogen-bond acceptors (Lipinski definition) is 6. The monoisotopic (exact) mass is 873 g/mol. The van der Waals surface area contributed by atoms with E-state index in [-0.39, 0.29) is 16.8 Å². The molecule has 0 amide bonds. The number of unbranched alkanes of at least 4 members (excludes halogenated alkanes) is 15. The van der Waals surface area contributed by atoms with Crippen LogP contribution in [-0.2, 0) is 5.41 Å². The van der Waals surface area contributed by atoms with Crippen LogP contribution in [0.4, 0.5) is 11.4 Å². The van der Waals surface area contributed by atoms with Crippen LogP contribution in [-0.4, -0.2) is 9.85 Å². The van der Waals surface area contributed by atoms with Gasteiger partial charge < -0.3 is 9.47 Å². The number of nitro groups is 2. The Kier molecular flexibility index (Phi) is 20.0. The van der Waals surface area contributed by atoms with Gasteiger partial charge in [-0.25, -0.2) is 0 Å². The van der Waals surface area contributed by atoms with E-state index in [4.69, 9.17) is 9.47 Å². The van der Waals surface area contributed by atoms with Crippen LogP contribution in [0.2, 0.25) is 0 Å². The fourth-order valence-electron chi connectivity index (χ4n) is 10.7. The maximum absolute atomic E-state index is 11.1. The van der Waals surface area contributed by atoms with Gasteiger partial charge in [-0.15, -0.1) is 0 Å². The summed E-state index contributed by atoms with van der Waals surface area (Å²) in [5, 5.41) is 22.2. The van der Waals surface area contributed by atoms with E-state index < -0.39 is 9.85 Å². The highest BCUT2D eigenvalue weighted by Gasteiger charge is 2.38. The molecule has 2 fully saturated rings. The Balaban J connectivity index is 0.924. The Morgan fingerprint density at radius 3 is 1.06 bits per heavy atom. The molecule has 4 aromatic carbocycles. The fraction of sp³-hybridized carbons (Fsp3) is 0.571. The summed E-state index contributed by atoms with van der Waals surface area (Å²) >= 11 is 0. The molecule has 0 saturated heterocycles. The zero-order chi connectivity index (χ0) is 44.8. The zero-order valence-corrected chi connectivity index (χ0v) is 38.9. The molecule has 8 nitrogen and oxygen atoms in total. The molecule has 0 spiro atoms. The lowest BCUT2D eigenvalue weighted by Gasteiger charge is -2.42. The third-order valence-electron chi connectivity index (χ3n) is 14.8. The Morgan fingerprint density at radius 2 is 0.719 bits per heavy atom. The van der Waals surface area contributed by atoms with Crippen molar-refractivity contribution in [3.05, 3.63) is 128 Å². The van der Waals surface area contributed by atoms with E-state index in [2.05, 4.69) is 31.2 Å². The summed E-state index contributed by atoms with van der Waals surface area (Å²) in [5.74, 6) is 5.07. The molecule has 0 N–H and O–H groups in total. The van der Waals surface area contributed by atoms with Gasteiger partial charge in [-0.05, 0) is 103 Å². The molecule has 4 aromatic rings. The van der Waals surface area contributed by atoms with Crippen molar-refractivity contribution in [2.24, 2.45) is 17.8 Å². The maximum atomic E-state index is 11.1. The van der Waals surface area contributed by atoms with Gasteiger partial charge in [0.1, 0.15) is 23.0 Å². The van der Waals surface area contributed by atoms with Crippen LogP contribution in [0.5, 0.6) is 23.0 Å². The van der Waals surface area contributed by atoms with Gasteiger partial charge in [-0.1, -0.05) is 179 Å². The lowest BCUT2D eigenvalue weighted by Crippen LogP contribution is -2.33. The van der Waals surface area contributed by atoms with Crippen LogP contribution < -0.4 is 9.47 Å². The quantitative estimate of drug-likeness (QED) is 0.0320. The zero-order valence-electron chi connectivity index (χ0n) is 38.9. The normalized spacial score (nSPS) is 17.5. The molecule has 8 heteroatoms. The van der Waals surface area contributed by atoms with Crippen LogP contribution >= 0.6 is 0 Å². The first-order chi connectivity index (χ1) is 31.3. The lowest BCUT2D eigenvalue weighted by atomic mass is 9.62. The maximum Gasteiger partial charge on any atom is 0.269 e. The van der Waals surface area contributed by atoms with Gasteiger partial charge in [0, 0.05) is 29.7 Å². The first kappa shape index (κ1) is 48.7. The fourth-order valence-corrected chi connectivity index (χ4v) is 10.7. The van der Waals surface area contributed by atoms with Gasteiger partial charge in [0.05, 0.1) is 9.85 Å². The molecule has 2 saturated carbocycles. The number of benzene rings is 4. The van der Waals surface area contributed by atoms with Crippen molar-refractivity contribution >= 4 is 11.4 Å². The predicted molar refractivity (Wildman–Crippen MR) is 261 cm³/mol. The standard InChI is InChI=1S/C56H76N2O6/c1-2-3-4-5-6-7-8-9-10-11-12-13-14-15-16-17-18-45-19-21-46(22-20-45)23-24-47-41-43-56(44-42-47,48-25-33-52(34-26-48)63-54-37-29-50(30-38-54)57(59)60)49-27-35-53(36-28-49)64-55-39-31-51(32-40-55)58(61)62/h25-40,45-47H,2-24,41-44H2,1H3/t45-,46-. The highest BCUT2D eigenvalue weighted by atomic mass is 16.6. The highest BCUT2D eigenvalue weighted by Crippen LogP contribution is 2.49. The second kappa shape index (κ2) is 26.3. The molecule has 346 valence electrons. The minimum Gasteiger partial charge on any atom is -0.457 e. The average molecular weight is 873 g/mol. The number of rotatable bonds is 28. The Hall–Kier alpha value is -4.72. The van der Waals surface area contributed by atoms with E-state index in [1.807, 2.05) is 24.3 Å². The Labute approximate surface area is 384 Å². The summed E-state index contributed by atoms with van der Waals surface area (Å²) in [7, 11) is 0. The largest absolute Gasteiger partial charge is 0.457 e. The van der Waals surface area contributed by atoms with Crippen molar-refractivity contribution in [1.82, 2.24) is 0 Å². The van der Waals surface area contributed by atoms with E-state index in [0.717, 1.165) is 30.6 Å². The Bertz CT molecular complexity index is 1820. The molecule has 0 aromatic heterocycles. The number of nitrogens with zero attached hydrogens (tertiary/aromatic N) is 2. The number of hydrogen-bond donors (Lipinski definition) is 0. The molecule has 6 rings (SSSR count). The average Bonchev–Trinajstić information content (AvgIpc) is 3.32. The molecule has 2 aliphatic carbocycles. The summed E-state index contributed by atoms with van der Waals surface area (Å²) in [6, 6.07) is 29.1. The first-order valence-corrected chi connectivity index (χ1v) is 25.4. The van der Waals surface area contributed by atoms with E-state index in [1.165, 1.54) is 196 Å². The summed E-state index contributed by atoms with van der Waals surface area (Å²) in [4.78, 5) is 21.4. The highest BCUT2D eigenvalue weighted by molar-refractivity contribution is 5.46. The molecular weight excluding hydrogens is 797 g/mol. The van der Waals surface area contributed by atoms with Gasteiger partial charge in [-0.3, -0.25) is 20.2 Å². The second-order valence-electron chi connectivity index (χ2n) is 19.3. The van der Waals surface area contributed by atoms with Crippen LogP contribution in [0.1, 0.15) is 191 Å². The van der Waals surface area contributed by atoms with Crippen molar-refractivity contribution in [2.75, 3.05) is 0 Å². The molecule has 0 radical (unpaired) electrons. The third kappa shape index (κ3) is 15.5. The number of ether oxygens (including phenoxy) is 2. The SMILES string of the molecule is CCCCCCCCCCCCCCCCCC[C@H]1CC[C@H](CCC2CCC(c3ccc(Oc4ccc([N+](=O)[O-])cc4)cc3)(c3ccc(Oc4ccc([N+](=O)[O-])cc4)cc3)CC2)CC1. The predicted octanol–water partition coefficient (Wildman–Crippen LogP) is 17.8. The number of non-ortho nitro benzene ring substituents is 2. The third-order valence-corrected chi connectivity index (χ3v) is 14.8. The van der Waals surface area contributed by atoms with Crippen LogP contribution in [0, 0.1) is 38.0 Å². The van der Waals surface area contributed by atoms with Gasteiger partial charge in [0.15, 0.2) is 0 Å². The van der Waals surface area contributed by atoms with E-state index in [0.29, 0.717) is 23.0 Å². The lowest BCUT2D eigenvalue weighted by molar-refractivity contribution is -0.385. The molecule has 2 aliphatic rings. The summed E-state index contributed by atoms with van der Waals surface area (Å²) in [5.41, 5.74) is 2.43. The molecule has 0 atom stereocenters. The van der Waals surface area contributed by atoms with Gasteiger partial charge in [0.25, 0.3) is 11.4 Å². The van der Waals surface area contributed by atoms with Gasteiger partial charge >= 0.3 is 0 Å². The molecule has 0 unspecified atom stereocenters. The first-order valence-electron chi connectivity index (χ1n) is 25.4. The Morgan fingerprint density at radius 1 is 0.422 bits per heavy atom. The van der Waals surface area contributed by atoms with Crippen LogP contribution in [0.15, 0.2) is 97.1 Å². The molecule has 0 bridgehead atoms. The smallest absolute Gasteiger partial charge is 0.269 e. The summed E-state index contributed by atoms with van der Waals surface area (Å²) < 4.78 is 12.2. The number of nitro benzene ring substituents is 2. The van der Waals surface area contributed by atoms with E-state index in [9.17, 15) is 20.2 Å².